The van der Waals surface area contributed by atoms with E-state index in [0.29, 0.717) is 0 Å². The standard InChI is InChI=1S/C26H25N3O/c1-30-22-14-12-21(13-15-22)29-26-23(16-17-27-26)25(28-29)18-24(19-8-4-2-5-9-19)20-10-6-3-7-11-20/h2-15,24,27H,16-18H2,1H3. The fourth-order valence-electron chi connectivity index (χ4n) is 4.31. The minimum absolute atomic E-state index is 0.274. The Morgan fingerprint density at radius 3 is 2.13 bits per heavy atom. The van der Waals surface area contributed by atoms with E-state index in [4.69, 9.17) is 9.84 Å². The number of anilines is 1. The van der Waals surface area contributed by atoms with Crippen LogP contribution in [0.5, 0.6) is 5.75 Å². The lowest BCUT2D eigenvalue weighted by Gasteiger charge is -2.17. The number of fused-ring (bicyclic) bond motifs is 1. The lowest BCUT2D eigenvalue weighted by atomic mass is 9.86. The summed E-state index contributed by atoms with van der Waals surface area (Å²) in [6, 6.07) is 29.6. The first-order valence-corrected chi connectivity index (χ1v) is 10.4. The molecule has 3 aromatic carbocycles. The summed E-state index contributed by atoms with van der Waals surface area (Å²) in [5, 5.41) is 8.60. The van der Waals surface area contributed by atoms with Crippen LogP contribution in [-0.2, 0) is 12.8 Å². The molecule has 0 atom stereocenters. The highest BCUT2D eigenvalue weighted by Crippen LogP contribution is 2.34. The SMILES string of the molecule is COc1ccc(-n2nc(CC(c3ccccc3)c3ccccc3)c3c2NCC3)cc1. The first-order chi connectivity index (χ1) is 14.8. The van der Waals surface area contributed by atoms with Crippen molar-refractivity contribution in [2.24, 2.45) is 0 Å². The third-order valence-corrected chi connectivity index (χ3v) is 5.85. The molecule has 0 fully saturated rings. The second-order valence-electron chi connectivity index (χ2n) is 7.64. The topological polar surface area (TPSA) is 39.1 Å². The number of nitrogens with one attached hydrogen (secondary N) is 1. The highest BCUT2D eigenvalue weighted by Gasteiger charge is 2.26. The molecule has 4 aromatic rings. The molecule has 4 nitrogen and oxygen atoms in total. The molecule has 150 valence electrons. The minimum atomic E-state index is 0.274. The summed E-state index contributed by atoms with van der Waals surface area (Å²) in [7, 11) is 1.69. The average molecular weight is 396 g/mol. The van der Waals surface area contributed by atoms with Gasteiger partial charge < -0.3 is 10.1 Å². The van der Waals surface area contributed by atoms with E-state index in [1.165, 1.54) is 22.4 Å². The molecule has 2 heterocycles. The number of rotatable bonds is 6. The van der Waals surface area contributed by atoms with Gasteiger partial charge in [0.2, 0.25) is 0 Å². The Morgan fingerprint density at radius 2 is 1.53 bits per heavy atom. The van der Waals surface area contributed by atoms with E-state index in [2.05, 4.69) is 78.1 Å². The summed E-state index contributed by atoms with van der Waals surface area (Å²) in [6.07, 6.45) is 1.89. The zero-order valence-corrected chi connectivity index (χ0v) is 17.1. The molecule has 0 amide bonds. The molecule has 30 heavy (non-hydrogen) atoms. The monoisotopic (exact) mass is 395 g/mol. The van der Waals surface area contributed by atoms with E-state index in [0.717, 1.165) is 36.6 Å². The van der Waals surface area contributed by atoms with E-state index < -0.39 is 0 Å². The van der Waals surface area contributed by atoms with Crippen molar-refractivity contribution in [2.45, 2.75) is 18.8 Å². The van der Waals surface area contributed by atoms with Crippen molar-refractivity contribution in [3.8, 4) is 11.4 Å². The van der Waals surface area contributed by atoms with Gasteiger partial charge in [0.15, 0.2) is 0 Å². The molecule has 1 N–H and O–H groups in total. The van der Waals surface area contributed by atoms with Crippen molar-refractivity contribution in [3.63, 3.8) is 0 Å². The second-order valence-corrected chi connectivity index (χ2v) is 7.64. The lowest BCUT2D eigenvalue weighted by molar-refractivity contribution is 0.414. The fourth-order valence-corrected chi connectivity index (χ4v) is 4.31. The number of nitrogens with zero attached hydrogens (tertiary/aromatic N) is 2. The largest absolute Gasteiger partial charge is 0.497 e. The van der Waals surface area contributed by atoms with Gasteiger partial charge in [-0.3, -0.25) is 0 Å². The van der Waals surface area contributed by atoms with Gasteiger partial charge in [-0.1, -0.05) is 60.7 Å². The normalized spacial score (nSPS) is 12.6. The van der Waals surface area contributed by atoms with Crippen LogP contribution in [0.25, 0.3) is 5.69 Å². The van der Waals surface area contributed by atoms with Crippen molar-refractivity contribution in [1.82, 2.24) is 9.78 Å². The Hall–Kier alpha value is -3.53. The molecule has 0 radical (unpaired) electrons. The first kappa shape index (κ1) is 18.5. The summed E-state index contributed by atoms with van der Waals surface area (Å²) in [5.74, 6) is 2.25. The van der Waals surface area contributed by atoms with Crippen molar-refractivity contribution in [2.75, 3.05) is 19.0 Å². The Morgan fingerprint density at radius 1 is 0.900 bits per heavy atom. The summed E-state index contributed by atoms with van der Waals surface area (Å²) < 4.78 is 7.35. The molecule has 0 saturated heterocycles. The maximum absolute atomic E-state index is 5.31. The van der Waals surface area contributed by atoms with Crippen molar-refractivity contribution < 1.29 is 4.74 Å². The van der Waals surface area contributed by atoms with Gasteiger partial charge >= 0.3 is 0 Å². The number of hydrogen-bond acceptors (Lipinski definition) is 3. The quantitative estimate of drug-likeness (QED) is 0.486. The van der Waals surface area contributed by atoms with Crippen LogP contribution in [0.4, 0.5) is 5.82 Å². The summed E-state index contributed by atoms with van der Waals surface area (Å²) in [5.41, 5.74) is 6.19. The highest BCUT2D eigenvalue weighted by atomic mass is 16.5. The van der Waals surface area contributed by atoms with Crippen molar-refractivity contribution >= 4 is 5.82 Å². The Labute approximate surface area is 177 Å². The molecule has 0 unspecified atom stereocenters. The van der Waals surface area contributed by atoms with Crippen LogP contribution in [-0.4, -0.2) is 23.4 Å². The van der Waals surface area contributed by atoms with Gasteiger partial charge in [-0.2, -0.15) is 5.10 Å². The van der Waals surface area contributed by atoms with E-state index in [1.54, 1.807) is 7.11 Å². The van der Waals surface area contributed by atoms with Gasteiger partial charge in [0.05, 0.1) is 18.5 Å². The first-order valence-electron chi connectivity index (χ1n) is 10.4. The van der Waals surface area contributed by atoms with Crippen molar-refractivity contribution in [3.05, 3.63) is 107 Å². The second kappa shape index (κ2) is 8.07. The van der Waals surface area contributed by atoms with E-state index >= 15 is 0 Å². The number of hydrogen-bond donors (Lipinski definition) is 1. The molecule has 4 heteroatoms. The number of aromatic nitrogens is 2. The van der Waals surface area contributed by atoms with Gasteiger partial charge in [0, 0.05) is 24.4 Å². The van der Waals surface area contributed by atoms with Crippen LogP contribution >= 0.6 is 0 Å². The van der Waals surface area contributed by atoms with Crippen LogP contribution in [0.15, 0.2) is 84.9 Å². The third kappa shape index (κ3) is 3.45. The van der Waals surface area contributed by atoms with Gasteiger partial charge in [-0.05, 0) is 41.8 Å². The average Bonchev–Trinajstić information content (AvgIpc) is 3.42. The predicted molar refractivity (Wildman–Crippen MR) is 121 cm³/mol. The summed E-state index contributed by atoms with van der Waals surface area (Å²) in [6.45, 7) is 0.956. The molecule has 0 saturated carbocycles. The van der Waals surface area contributed by atoms with Crippen LogP contribution < -0.4 is 10.1 Å². The minimum Gasteiger partial charge on any atom is -0.497 e. The number of benzene rings is 3. The molecule has 1 aromatic heterocycles. The Bertz CT molecular complexity index is 1080. The zero-order chi connectivity index (χ0) is 20.3. The lowest BCUT2D eigenvalue weighted by Crippen LogP contribution is -2.09. The van der Waals surface area contributed by atoms with Crippen LogP contribution in [0.2, 0.25) is 0 Å². The predicted octanol–water partition coefficient (Wildman–Crippen LogP) is 5.22. The molecule has 0 spiro atoms. The zero-order valence-electron chi connectivity index (χ0n) is 17.1. The van der Waals surface area contributed by atoms with Crippen LogP contribution in [0, 0.1) is 0 Å². The molecule has 1 aliphatic rings. The molecule has 5 rings (SSSR count). The third-order valence-electron chi connectivity index (χ3n) is 5.85. The van der Waals surface area contributed by atoms with Gasteiger partial charge in [0.1, 0.15) is 11.6 Å². The smallest absolute Gasteiger partial charge is 0.133 e. The maximum Gasteiger partial charge on any atom is 0.133 e. The number of methoxy groups -OCH3 is 1. The maximum atomic E-state index is 5.31. The van der Waals surface area contributed by atoms with E-state index in [9.17, 15) is 0 Å². The van der Waals surface area contributed by atoms with Crippen molar-refractivity contribution in [1.29, 1.82) is 0 Å². The molecule has 0 bridgehead atoms. The Kier molecular flexibility index (Phi) is 4.98. The van der Waals surface area contributed by atoms with Gasteiger partial charge in [-0.25, -0.2) is 4.68 Å². The molecular formula is C26H25N3O. The van der Waals surface area contributed by atoms with Gasteiger partial charge in [0.25, 0.3) is 0 Å². The van der Waals surface area contributed by atoms with Gasteiger partial charge in [-0.15, -0.1) is 0 Å². The summed E-state index contributed by atoms with van der Waals surface area (Å²) in [4.78, 5) is 0. The fraction of sp³-hybridized carbons (Fsp3) is 0.192. The highest BCUT2D eigenvalue weighted by molar-refractivity contribution is 5.58. The van der Waals surface area contributed by atoms with Crippen LogP contribution in [0.1, 0.15) is 28.3 Å². The molecule has 0 aliphatic carbocycles. The number of ether oxygens (including phenoxy) is 1. The molecular weight excluding hydrogens is 370 g/mol. The Balaban J connectivity index is 1.54. The van der Waals surface area contributed by atoms with E-state index in [-0.39, 0.29) is 5.92 Å². The van der Waals surface area contributed by atoms with Crippen LogP contribution in [0.3, 0.4) is 0 Å². The summed E-state index contributed by atoms with van der Waals surface area (Å²) >= 11 is 0. The molecule has 1 aliphatic heterocycles. The van der Waals surface area contributed by atoms with E-state index in [1.807, 2.05) is 16.8 Å².